The fourth-order valence-corrected chi connectivity index (χ4v) is 5.98. The van der Waals surface area contributed by atoms with Gasteiger partial charge >= 0.3 is 0 Å². The number of anilines is 1. The van der Waals surface area contributed by atoms with E-state index in [-0.39, 0.29) is 30.6 Å². The van der Waals surface area contributed by atoms with Gasteiger partial charge in [0.05, 0.1) is 11.9 Å². The van der Waals surface area contributed by atoms with Gasteiger partial charge in [0.25, 0.3) is 0 Å². The standard InChI is InChI=1S/C31H36FN3O4S/c1-23-11-6-7-14-25(23)21-34(30(36)22-35(40(2,38)39)28-18-10-15-26(32)20-28)29(19-24-12-4-3-5-13-24)31(37)33-27-16-8-9-17-27/h3-7,10-15,18,20,27,29H,8-9,16-17,19,21-22H2,1-2H3,(H,33,37). The maximum Gasteiger partial charge on any atom is 0.244 e. The van der Waals surface area contributed by atoms with Crippen LogP contribution in [-0.4, -0.2) is 50.0 Å². The molecule has 1 aliphatic carbocycles. The number of rotatable bonds is 11. The Morgan fingerprint density at radius 2 is 1.65 bits per heavy atom. The number of carbonyl (C=O) groups is 2. The molecule has 1 saturated carbocycles. The molecule has 40 heavy (non-hydrogen) atoms. The Kier molecular flexibility index (Phi) is 9.58. The Morgan fingerprint density at radius 3 is 2.30 bits per heavy atom. The molecule has 3 aromatic rings. The van der Waals surface area contributed by atoms with Crippen molar-refractivity contribution in [2.24, 2.45) is 0 Å². The van der Waals surface area contributed by atoms with Gasteiger partial charge in [-0.05, 0) is 54.7 Å². The Bertz CT molecular complexity index is 1430. The first-order valence-corrected chi connectivity index (χ1v) is 15.4. The SMILES string of the molecule is Cc1ccccc1CN(C(=O)CN(c1cccc(F)c1)S(C)(=O)=O)C(Cc1ccccc1)C(=O)NC1CCCC1. The minimum Gasteiger partial charge on any atom is -0.352 e. The molecule has 1 atom stereocenters. The molecule has 4 rings (SSSR count). The molecule has 2 amide bonds. The number of halogens is 1. The van der Waals surface area contributed by atoms with Gasteiger partial charge in [-0.2, -0.15) is 0 Å². The molecule has 0 radical (unpaired) electrons. The number of sulfonamides is 1. The summed E-state index contributed by atoms with van der Waals surface area (Å²) in [4.78, 5) is 29.4. The predicted molar refractivity (Wildman–Crippen MR) is 155 cm³/mol. The van der Waals surface area contributed by atoms with E-state index in [1.165, 1.54) is 23.1 Å². The van der Waals surface area contributed by atoms with Gasteiger partial charge in [0.1, 0.15) is 18.4 Å². The summed E-state index contributed by atoms with van der Waals surface area (Å²) in [6.07, 6.45) is 5.09. The smallest absolute Gasteiger partial charge is 0.244 e. The lowest BCUT2D eigenvalue weighted by Crippen LogP contribution is -2.54. The van der Waals surface area contributed by atoms with E-state index in [0.717, 1.165) is 59.0 Å². The van der Waals surface area contributed by atoms with Gasteiger partial charge in [0.15, 0.2) is 0 Å². The third-order valence-electron chi connectivity index (χ3n) is 7.35. The Balaban J connectivity index is 1.73. The summed E-state index contributed by atoms with van der Waals surface area (Å²) >= 11 is 0. The molecule has 1 N–H and O–H groups in total. The quantitative estimate of drug-likeness (QED) is 0.368. The van der Waals surface area contributed by atoms with E-state index >= 15 is 0 Å². The summed E-state index contributed by atoms with van der Waals surface area (Å²) in [6.45, 7) is 1.47. The third-order valence-corrected chi connectivity index (χ3v) is 8.49. The van der Waals surface area contributed by atoms with Crippen LogP contribution >= 0.6 is 0 Å². The van der Waals surface area contributed by atoms with Crippen molar-refractivity contribution >= 4 is 27.5 Å². The van der Waals surface area contributed by atoms with E-state index < -0.39 is 34.3 Å². The Hall–Kier alpha value is -3.72. The fourth-order valence-electron chi connectivity index (χ4n) is 5.14. The highest BCUT2D eigenvalue weighted by Crippen LogP contribution is 2.23. The van der Waals surface area contributed by atoms with Crippen LogP contribution in [0.2, 0.25) is 0 Å². The second-order valence-corrected chi connectivity index (χ2v) is 12.3. The number of carbonyl (C=O) groups excluding carboxylic acids is 2. The van der Waals surface area contributed by atoms with E-state index in [4.69, 9.17) is 0 Å². The van der Waals surface area contributed by atoms with Crippen LogP contribution in [0.15, 0.2) is 78.9 Å². The van der Waals surface area contributed by atoms with Crippen LogP contribution in [0.25, 0.3) is 0 Å². The van der Waals surface area contributed by atoms with E-state index in [9.17, 15) is 22.4 Å². The van der Waals surface area contributed by atoms with E-state index in [0.29, 0.717) is 0 Å². The molecular weight excluding hydrogens is 529 g/mol. The number of aryl methyl sites for hydroxylation is 1. The van der Waals surface area contributed by atoms with Crippen LogP contribution in [0, 0.1) is 12.7 Å². The van der Waals surface area contributed by atoms with Crippen molar-refractivity contribution in [1.29, 1.82) is 0 Å². The van der Waals surface area contributed by atoms with Crippen molar-refractivity contribution in [3.63, 3.8) is 0 Å². The molecule has 1 unspecified atom stereocenters. The minimum atomic E-state index is -3.95. The maximum atomic E-state index is 14.1. The minimum absolute atomic E-state index is 0.0426. The first-order chi connectivity index (χ1) is 19.1. The molecule has 1 aliphatic rings. The topological polar surface area (TPSA) is 86.8 Å². The van der Waals surface area contributed by atoms with Crippen molar-refractivity contribution in [3.05, 3.63) is 101 Å². The summed E-state index contributed by atoms with van der Waals surface area (Å²) in [5, 5.41) is 3.14. The molecule has 0 heterocycles. The van der Waals surface area contributed by atoms with E-state index in [1.807, 2.05) is 61.5 Å². The largest absolute Gasteiger partial charge is 0.352 e. The Morgan fingerprint density at radius 1 is 0.975 bits per heavy atom. The van der Waals surface area contributed by atoms with Gasteiger partial charge in [-0.15, -0.1) is 0 Å². The highest BCUT2D eigenvalue weighted by Gasteiger charge is 2.34. The number of nitrogens with one attached hydrogen (secondary N) is 1. The lowest BCUT2D eigenvalue weighted by atomic mass is 10.0. The van der Waals surface area contributed by atoms with Crippen molar-refractivity contribution < 1.29 is 22.4 Å². The molecule has 0 bridgehead atoms. The highest BCUT2D eigenvalue weighted by molar-refractivity contribution is 7.92. The lowest BCUT2D eigenvalue weighted by Gasteiger charge is -2.34. The van der Waals surface area contributed by atoms with Crippen LogP contribution in [-0.2, 0) is 32.6 Å². The molecule has 0 spiro atoms. The van der Waals surface area contributed by atoms with Crippen LogP contribution in [0.5, 0.6) is 0 Å². The van der Waals surface area contributed by atoms with Gasteiger partial charge in [0.2, 0.25) is 21.8 Å². The summed E-state index contributed by atoms with van der Waals surface area (Å²) in [5.74, 6) is -1.44. The maximum absolute atomic E-state index is 14.1. The number of hydrogen-bond acceptors (Lipinski definition) is 4. The number of hydrogen-bond donors (Lipinski definition) is 1. The molecule has 3 aromatic carbocycles. The molecule has 9 heteroatoms. The Labute approximate surface area is 236 Å². The molecule has 0 saturated heterocycles. The lowest BCUT2D eigenvalue weighted by molar-refractivity contribution is -0.140. The predicted octanol–water partition coefficient (Wildman–Crippen LogP) is 4.60. The zero-order valence-corrected chi connectivity index (χ0v) is 23.7. The van der Waals surface area contributed by atoms with Crippen LogP contribution < -0.4 is 9.62 Å². The number of nitrogens with zero attached hydrogens (tertiary/aromatic N) is 2. The highest BCUT2D eigenvalue weighted by atomic mass is 32.2. The normalized spacial score (nSPS) is 14.5. The first-order valence-electron chi connectivity index (χ1n) is 13.5. The van der Waals surface area contributed by atoms with Crippen LogP contribution in [0.3, 0.4) is 0 Å². The molecule has 1 fully saturated rings. The van der Waals surface area contributed by atoms with Crippen LogP contribution in [0.1, 0.15) is 42.4 Å². The number of benzene rings is 3. The average Bonchev–Trinajstić information content (AvgIpc) is 3.43. The van der Waals surface area contributed by atoms with E-state index in [1.54, 1.807) is 0 Å². The zero-order chi connectivity index (χ0) is 28.7. The molecule has 0 aromatic heterocycles. The van der Waals surface area contributed by atoms with Gasteiger partial charge in [-0.3, -0.25) is 13.9 Å². The van der Waals surface area contributed by atoms with E-state index in [2.05, 4.69) is 5.32 Å². The summed E-state index contributed by atoms with van der Waals surface area (Å²) in [5.41, 5.74) is 2.71. The molecule has 7 nitrogen and oxygen atoms in total. The second-order valence-electron chi connectivity index (χ2n) is 10.4. The second kappa shape index (κ2) is 13.1. The zero-order valence-electron chi connectivity index (χ0n) is 22.9. The van der Waals surface area contributed by atoms with Crippen molar-refractivity contribution in [2.75, 3.05) is 17.1 Å². The van der Waals surface area contributed by atoms with Gasteiger partial charge in [-0.25, -0.2) is 12.8 Å². The third kappa shape index (κ3) is 7.69. The monoisotopic (exact) mass is 565 g/mol. The molecular formula is C31H36FN3O4S. The van der Waals surface area contributed by atoms with Gasteiger partial charge in [-0.1, -0.05) is 73.5 Å². The van der Waals surface area contributed by atoms with Gasteiger partial charge < -0.3 is 10.2 Å². The van der Waals surface area contributed by atoms with Gasteiger partial charge in [0, 0.05) is 19.0 Å². The summed E-state index contributed by atoms with van der Waals surface area (Å²) in [6, 6.07) is 21.3. The average molecular weight is 566 g/mol. The molecule has 0 aliphatic heterocycles. The summed E-state index contributed by atoms with van der Waals surface area (Å²) in [7, 11) is -3.95. The van der Waals surface area contributed by atoms with Crippen LogP contribution in [0.4, 0.5) is 10.1 Å². The van der Waals surface area contributed by atoms with Crippen molar-refractivity contribution in [2.45, 2.75) is 57.7 Å². The number of amides is 2. The van der Waals surface area contributed by atoms with Crippen molar-refractivity contribution in [3.8, 4) is 0 Å². The van der Waals surface area contributed by atoms with Crippen molar-refractivity contribution in [1.82, 2.24) is 10.2 Å². The fraction of sp³-hybridized carbons (Fsp3) is 0.355. The molecule has 212 valence electrons. The first kappa shape index (κ1) is 29.3. The summed E-state index contributed by atoms with van der Waals surface area (Å²) < 4.78 is 40.5.